The first-order valence-electron chi connectivity index (χ1n) is 9.04. The van der Waals surface area contributed by atoms with Crippen molar-refractivity contribution in [3.8, 4) is 0 Å². The number of ether oxygens (including phenoxy) is 1. The Morgan fingerprint density at radius 3 is 2.69 bits per heavy atom. The Bertz CT molecular complexity index is 1070. The SMILES string of the molecule is CCOC(=O)CCN(C(=O)c1c(Cl)cc2c(nc(C)n2C)c1Cl)c1ccccn1. The smallest absolute Gasteiger partial charge is 0.307 e. The zero-order valence-corrected chi connectivity index (χ0v) is 17.8. The quantitative estimate of drug-likeness (QED) is 0.543. The fourth-order valence-electron chi connectivity index (χ4n) is 2.97. The van der Waals surface area contributed by atoms with Crippen LogP contribution in [0.25, 0.3) is 11.0 Å². The third kappa shape index (κ3) is 4.21. The van der Waals surface area contributed by atoms with Gasteiger partial charge in [-0.15, -0.1) is 0 Å². The van der Waals surface area contributed by atoms with Crippen molar-refractivity contribution in [2.75, 3.05) is 18.1 Å². The summed E-state index contributed by atoms with van der Waals surface area (Å²) in [6.07, 6.45) is 1.57. The maximum Gasteiger partial charge on any atom is 0.307 e. The van der Waals surface area contributed by atoms with Crippen molar-refractivity contribution in [1.29, 1.82) is 0 Å². The Morgan fingerprint density at radius 1 is 1.28 bits per heavy atom. The molecule has 0 bridgehead atoms. The summed E-state index contributed by atoms with van der Waals surface area (Å²) >= 11 is 13.0. The van der Waals surface area contributed by atoms with Gasteiger partial charge in [-0.05, 0) is 32.0 Å². The summed E-state index contributed by atoms with van der Waals surface area (Å²) in [5.74, 6) is 0.250. The Labute approximate surface area is 178 Å². The van der Waals surface area contributed by atoms with Gasteiger partial charge >= 0.3 is 5.97 Å². The molecular formula is C20H20Cl2N4O3. The van der Waals surface area contributed by atoms with E-state index < -0.39 is 11.9 Å². The van der Waals surface area contributed by atoms with E-state index in [1.54, 1.807) is 37.4 Å². The van der Waals surface area contributed by atoms with Crippen LogP contribution in [0.1, 0.15) is 29.5 Å². The minimum atomic E-state index is -0.465. The molecule has 0 spiro atoms. The lowest BCUT2D eigenvalue weighted by molar-refractivity contribution is -0.142. The molecule has 0 aliphatic carbocycles. The summed E-state index contributed by atoms with van der Waals surface area (Å²) in [6.45, 7) is 3.90. The van der Waals surface area contributed by atoms with Gasteiger partial charge in [0.25, 0.3) is 5.91 Å². The summed E-state index contributed by atoms with van der Waals surface area (Å²) in [6, 6.07) is 6.83. The molecule has 0 aliphatic rings. The number of fused-ring (bicyclic) bond motifs is 1. The molecule has 0 saturated heterocycles. The van der Waals surface area contributed by atoms with Gasteiger partial charge in [0.2, 0.25) is 0 Å². The fraction of sp³-hybridized carbons (Fsp3) is 0.300. The van der Waals surface area contributed by atoms with Crippen LogP contribution in [0.15, 0.2) is 30.5 Å². The fourth-order valence-corrected chi connectivity index (χ4v) is 3.62. The number of benzene rings is 1. The lowest BCUT2D eigenvalue weighted by Crippen LogP contribution is -2.34. The van der Waals surface area contributed by atoms with Crippen molar-refractivity contribution in [3.05, 3.63) is 51.9 Å². The van der Waals surface area contributed by atoms with Gasteiger partial charge in [0.1, 0.15) is 17.2 Å². The molecule has 9 heteroatoms. The highest BCUT2D eigenvalue weighted by Gasteiger charge is 2.27. The van der Waals surface area contributed by atoms with Gasteiger partial charge < -0.3 is 9.30 Å². The van der Waals surface area contributed by atoms with Crippen LogP contribution in [0.3, 0.4) is 0 Å². The summed E-state index contributed by atoms with van der Waals surface area (Å²) in [5.41, 5.74) is 1.34. The van der Waals surface area contributed by atoms with E-state index in [0.717, 1.165) is 11.3 Å². The minimum Gasteiger partial charge on any atom is -0.466 e. The van der Waals surface area contributed by atoms with Crippen molar-refractivity contribution in [3.63, 3.8) is 0 Å². The number of amides is 1. The van der Waals surface area contributed by atoms with E-state index in [4.69, 9.17) is 27.9 Å². The number of esters is 1. The zero-order chi connectivity index (χ0) is 21.1. The van der Waals surface area contributed by atoms with Crippen molar-refractivity contribution in [1.82, 2.24) is 14.5 Å². The number of aromatic nitrogens is 3. The Kier molecular flexibility index (Phi) is 6.39. The van der Waals surface area contributed by atoms with E-state index in [1.165, 1.54) is 4.90 Å². The molecule has 0 N–H and O–H groups in total. The number of carbonyl (C=O) groups is 2. The molecule has 0 unspecified atom stereocenters. The largest absolute Gasteiger partial charge is 0.466 e. The van der Waals surface area contributed by atoms with Crippen LogP contribution in [0.2, 0.25) is 10.0 Å². The molecule has 152 valence electrons. The summed E-state index contributed by atoms with van der Waals surface area (Å²) in [7, 11) is 1.85. The lowest BCUT2D eigenvalue weighted by atomic mass is 10.1. The van der Waals surface area contributed by atoms with Crippen molar-refractivity contribution in [2.24, 2.45) is 7.05 Å². The van der Waals surface area contributed by atoms with Crippen molar-refractivity contribution < 1.29 is 14.3 Å². The van der Waals surface area contributed by atoms with E-state index >= 15 is 0 Å². The second kappa shape index (κ2) is 8.80. The summed E-state index contributed by atoms with van der Waals surface area (Å²) in [5, 5.41) is 0.367. The standard InChI is InChI=1S/C20H20Cl2N4O3/c1-4-29-16(27)8-10-26(15-7-5-6-9-23-15)20(28)17-13(21)11-14-19(18(17)22)24-12(2)25(14)3/h5-7,9,11H,4,8,10H2,1-3H3. The van der Waals surface area contributed by atoms with Crippen molar-refractivity contribution >= 4 is 51.9 Å². The Morgan fingerprint density at radius 2 is 2.03 bits per heavy atom. The predicted octanol–water partition coefficient (Wildman–Crippen LogP) is 4.18. The monoisotopic (exact) mass is 434 g/mol. The zero-order valence-electron chi connectivity index (χ0n) is 16.3. The van der Waals surface area contributed by atoms with Crippen LogP contribution in [-0.4, -0.2) is 39.6 Å². The second-order valence-corrected chi connectivity index (χ2v) is 7.12. The molecule has 0 radical (unpaired) electrons. The third-order valence-electron chi connectivity index (χ3n) is 4.52. The molecule has 0 aliphatic heterocycles. The average Bonchev–Trinajstić information content (AvgIpc) is 2.98. The molecule has 3 rings (SSSR count). The molecule has 7 nitrogen and oxygen atoms in total. The molecule has 0 atom stereocenters. The normalized spacial score (nSPS) is 10.9. The highest BCUT2D eigenvalue weighted by molar-refractivity contribution is 6.43. The first kappa shape index (κ1) is 21.1. The number of hydrogen-bond donors (Lipinski definition) is 0. The number of imidazole rings is 1. The molecule has 2 aromatic heterocycles. The van der Waals surface area contributed by atoms with Gasteiger partial charge in [-0.2, -0.15) is 0 Å². The molecule has 3 aromatic rings. The number of pyridine rings is 1. The summed E-state index contributed by atoms with van der Waals surface area (Å²) < 4.78 is 6.82. The van der Waals surface area contributed by atoms with Gasteiger partial charge in [-0.3, -0.25) is 14.5 Å². The van der Waals surface area contributed by atoms with Crippen LogP contribution in [-0.2, 0) is 16.6 Å². The molecule has 2 heterocycles. The van der Waals surface area contributed by atoms with Crippen LogP contribution in [0.4, 0.5) is 5.82 Å². The van der Waals surface area contributed by atoms with Gasteiger partial charge in [-0.1, -0.05) is 29.3 Å². The van der Waals surface area contributed by atoms with Gasteiger partial charge in [0, 0.05) is 19.8 Å². The van der Waals surface area contributed by atoms with E-state index in [9.17, 15) is 9.59 Å². The summed E-state index contributed by atoms with van der Waals surface area (Å²) in [4.78, 5) is 35.3. The average molecular weight is 435 g/mol. The second-order valence-electron chi connectivity index (χ2n) is 6.33. The number of hydrogen-bond acceptors (Lipinski definition) is 5. The van der Waals surface area contributed by atoms with Crippen LogP contribution >= 0.6 is 23.2 Å². The maximum absolute atomic E-state index is 13.4. The number of nitrogens with zero attached hydrogens (tertiary/aromatic N) is 4. The Hall–Kier alpha value is -2.64. The molecule has 1 amide bonds. The first-order valence-corrected chi connectivity index (χ1v) is 9.80. The Balaban J connectivity index is 2.04. The van der Waals surface area contributed by atoms with Gasteiger partial charge in [0.05, 0.1) is 34.2 Å². The van der Waals surface area contributed by atoms with E-state index in [0.29, 0.717) is 11.3 Å². The van der Waals surface area contributed by atoms with Crippen LogP contribution < -0.4 is 4.90 Å². The van der Waals surface area contributed by atoms with E-state index in [2.05, 4.69) is 9.97 Å². The number of rotatable bonds is 6. The van der Waals surface area contributed by atoms with Gasteiger partial charge in [-0.25, -0.2) is 9.97 Å². The minimum absolute atomic E-state index is 0.0102. The van der Waals surface area contributed by atoms with Crippen molar-refractivity contribution in [2.45, 2.75) is 20.3 Å². The highest BCUT2D eigenvalue weighted by Crippen LogP contribution is 2.34. The van der Waals surface area contributed by atoms with E-state index in [-0.39, 0.29) is 35.2 Å². The molecule has 1 aromatic carbocycles. The first-order chi connectivity index (χ1) is 13.8. The lowest BCUT2D eigenvalue weighted by Gasteiger charge is -2.22. The maximum atomic E-state index is 13.4. The number of carbonyl (C=O) groups excluding carboxylic acids is 2. The van der Waals surface area contributed by atoms with Crippen LogP contribution in [0, 0.1) is 6.92 Å². The molecule has 29 heavy (non-hydrogen) atoms. The van der Waals surface area contributed by atoms with Crippen LogP contribution in [0.5, 0.6) is 0 Å². The molecule has 0 saturated carbocycles. The number of aryl methyl sites for hydroxylation is 2. The van der Waals surface area contributed by atoms with E-state index in [1.807, 2.05) is 18.5 Å². The molecule has 0 fully saturated rings. The highest BCUT2D eigenvalue weighted by atomic mass is 35.5. The topological polar surface area (TPSA) is 77.3 Å². The number of anilines is 1. The predicted molar refractivity (Wildman–Crippen MR) is 113 cm³/mol. The third-order valence-corrected chi connectivity index (χ3v) is 5.19. The number of halogens is 2. The van der Waals surface area contributed by atoms with Gasteiger partial charge in [0.15, 0.2) is 0 Å². The molecular weight excluding hydrogens is 415 g/mol.